The van der Waals surface area contributed by atoms with Gasteiger partial charge in [-0.25, -0.2) is 0 Å². The van der Waals surface area contributed by atoms with Crippen LogP contribution < -0.4 is 5.19 Å². The largest absolute Gasteiger partial charge is 0.422 e. The van der Waals surface area contributed by atoms with Crippen LogP contribution in [0.4, 0.5) is 0 Å². The van der Waals surface area contributed by atoms with Gasteiger partial charge in [0.1, 0.15) is 0 Å². The summed E-state index contributed by atoms with van der Waals surface area (Å²) in [5.74, 6) is 0. The minimum atomic E-state index is -0.570. The highest BCUT2D eigenvalue weighted by molar-refractivity contribution is 7.39. The Morgan fingerprint density at radius 2 is 1.36 bits per heavy atom. The lowest BCUT2D eigenvalue weighted by Gasteiger charge is -2.23. The summed E-state index contributed by atoms with van der Waals surface area (Å²) >= 11 is 0. The maximum atomic E-state index is 5.73. The van der Waals surface area contributed by atoms with Gasteiger partial charge in [-0.05, 0) is 72.5 Å². The highest BCUT2D eigenvalue weighted by Crippen LogP contribution is 2.32. The van der Waals surface area contributed by atoms with Gasteiger partial charge in [0.15, 0.2) is 0 Å². The van der Waals surface area contributed by atoms with Gasteiger partial charge in [0.05, 0.1) is 16.9 Å². The molecule has 1 aliphatic heterocycles. The van der Waals surface area contributed by atoms with Gasteiger partial charge in [0, 0.05) is 6.61 Å². The van der Waals surface area contributed by atoms with Crippen molar-refractivity contribution in [3.05, 3.63) is 78.9 Å². The summed E-state index contributed by atoms with van der Waals surface area (Å²) in [5.41, 5.74) is 0. The highest BCUT2D eigenvalue weighted by Gasteiger charge is 2.24. The fourth-order valence-electron chi connectivity index (χ4n) is 4.44. The van der Waals surface area contributed by atoms with Crippen molar-refractivity contribution in [2.24, 2.45) is 0 Å². The number of rotatable bonds is 1. The lowest BCUT2D eigenvalue weighted by molar-refractivity contribution is 0.367. The first kappa shape index (κ1) is 16.7. The smallest absolute Gasteiger partial charge is 0.203 e. The van der Waals surface area contributed by atoms with Gasteiger partial charge < -0.3 is 4.43 Å². The molecule has 1 fully saturated rings. The molecule has 0 aliphatic carbocycles. The van der Waals surface area contributed by atoms with Crippen LogP contribution in [0.15, 0.2) is 78.9 Å². The lowest BCUT2D eigenvalue weighted by Crippen LogP contribution is -2.45. The van der Waals surface area contributed by atoms with Crippen molar-refractivity contribution in [3.63, 3.8) is 0 Å². The van der Waals surface area contributed by atoms with Crippen LogP contribution in [0.2, 0.25) is 6.04 Å². The normalized spacial score (nSPS) is 15.7. The van der Waals surface area contributed by atoms with Gasteiger partial charge in [-0.1, -0.05) is 60.7 Å². The van der Waals surface area contributed by atoms with Crippen molar-refractivity contribution >= 4 is 74.4 Å². The third-order valence-corrected chi connectivity index (χ3v) is 15.1. The van der Waals surface area contributed by atoms with E-state index < -0.39 is 8.31 Å². The third-order valence-electron chi connectivity index (χ3n) is 5.76. The van der Waals surface area contributed by atoms with E-state index in [2.05, 4.69) is 78.9 Å². The second-order valence-electron chi connectivity index (χ2n) is 7.36. The Labute approximate surface area is 170 Å². The summed E-state index contributed by atoms with van der Waals surface area (Å²) in [6.07, 6.45) is 0. The summed E-state index contributed by atoms with van der Waals surface area (Å²) in [5, 5.41) is 12.7. The van der Waals surface area contributed by atoms with Gasteiger partial charge in [0.2, 0.25) is 9.28 Å². The number of hydrogen-bond acceptors (Lipinski definition) is 1. The Kier molecular flexibility index (Phi) is 3.97. The van der Waals surface area contributed by atoms with E-state index in [1.807, 2.05) is 0 Å². The Hall–Kier alpha value is -2.25. The summed E-state index contributed by atoms with van der Waals surface area (Å²) < 4.78 is 5.73. The van der Waals surface area contributed by atoms with E-state index in [0.29, 0.717) is 9.28 Å². The lowest BCUT2D eigenvalue weighted by atomic mass is 9.96. The average molecular weight is 406 g/mol. The van der Waals surface area contributed by atoms with E-state index in [-0.39, 0.29) is 0 Å². The summed E-state index contributed by atoms with van der Waals surface area (Å²) in [4.78, 5) is 0. The second-order valence-corrected chi connectivity index (χ2v) is 15.5. The molecular formula is C24H17OSi3. The third kappa shape index (κ3) is 2.60. The summed E-state index contributed by atoms with van der Waals surface area (Å²) in [7, 11) is 1.09. The topological polar surface area (TPSA) is 9.23 Å². The Morgan fingerprint density at radius 1 is 0.643 bits per heavy atom. The summed E-state index contributed by atoms with van der Waals surface area (Å²) in [6, 6.07) is 30.7. The van der Waals surface area contributed by atoms with E-state index in [9.17, 15) is 0 Å². The zero-order valence-electron chi connectivity index (χ0n) is 15.3. The molecule has 28 heavy (non-hydrogen) atoms. The van der Waals surface area contributed by atoms with Gasteiger partial charge >= 0.3 is 0 Å². The van der Waals surface area contributed by atoms with Crippen molar-refractivity contribution in [2.75, 3.05) is 6.61 Å². The standard InChI is InChI=1S/C24H17OSi3/c1-2-6-17-14-22-19(13-16(17)5-1)9-10-21-23(22)15-18-7-3-4-8-20(18)24(21)28-12-11-25-26-27-28/h1-10,13-15H,11-12H2. The molecule has 0 aromatic heterocycles. The van der Waals surface area contributed by atoms with Crippen molar-refractivity contribution in [3.8, 4) is 0 Å². The summed E-state index contributed by atoms with van der Waals surface area (Å²) in [6.45, 7) is 0.933. The molecule has 6 rings (SSSR count). The molecule has 0 saturated carbocycles. The SMILES string of the molecule is c1ccc2cc3c(ccc4c([Si]5CCO[Si][Si]5)c5ccccc5cc43)cc2c1. The van der Waals surface area contributed by atoms with Crippen LogP contribution in [-0.2, 0) is 4.43 Å². The number of hydrogen-bond donors (Lipinski definition) is 0. The van der Waals surface area contributed by atoms with Gasteiger partial charge in [-0.3, -0.25) is 0 Å². The quantitative estimate of drug-likeness (QED) is 0.222. The van der Waals surface area contributed by atoms with Crippen molar-refractivity contribution in [1.29, 1.82) is 0 Å². The first-order chi connectivity index (χ1) is 13.9. The Morgan fingerprint density at radius 3 is 2.18 bits per heavy atom. The van der Waals surface area contributed by atoms with E-state index in [1.54, 1.807) is 5.19 Å². The zero-order chi connectivity index (χ0) is 18.5. The number of benzene rings is 5. The van der Waals surface area contributed by atoms with E-state index in [4.69, 9.17) is 4.43 Å². The molecule has 131 valence electrons. The first-order valence-corrected chi connectivity index (χ1v) is 15.3. The maximum absolute atomic E-state index is 5.73. The molecule has 0 spiro atoms. The van der Waals surface area contributed by atoms with Crippen molar-refractivity contribution in [2.45, 2.75) is 6.04 Å². The van der Waals surface area contributed by atoms with Crippen LogP contribution in [0.25, 0.3) is 43.1 Å². The van der Waals surface area contributed by atoms with Crippen LogP contribution in [-0.4, -0.2) is 32.8 Å². The Bertz CT molecular complexity index is 1360. The van der Waals surface area contributed by atoms with E-state index >= 15 is 0 Å². The molecule has 1 nitrogen and oxygen atoms in total. The molecule has 5 radical (unpaired) electrons. The molecule has 5 aromatic carbocycles. The van der Waals surface area contributed by atoms with Gasteiger partial charge in [-0.15, -0.1) is 0 Å². The molecule has 0 amide bonds. The predicted molar refractivity (Wildman–Crippen MR) is 124 cm³/mol. The molecule has 1 saturated heterocycles. The second kappa shape index (κ2) is 6.67. The van der Waals surface area contributed by atoms with E-state index in [0.717, 1.165) is 15.2 Å². The molecule has 0 atom stereocenters. The zero-order valence-corrected chi connectivity index (χ0v) is 18.3. The van der Waals surface area contributed by atoms with Gasteiger partial charge in [0.25, 0.3) is 0 Å². The van der Waals surface area contributed by atoms with Crippen LogP contribution >= 0.6 is 0 Å². The minimum Gasteiger partial charge on any atom is -0.422 e. The fraction of sp³-hybridized carbons (Fsp3) is 0.0833. The maximum Gasteiger partial charge on any atom is 0.203 e. The minimum absolute atomic E-state index is 0.570. The molecular weight excluding hydrogens is 389 g/mol. The highest BCUT2D eigenvalue weighted by atomic mass is 29.5. The average Bonchev–Trinajstić information content (AvgIpc) is 2.76. The molecule has 1 aliphatic rings. The first-order valence-electron chi connectivity index (χ1n) is 9.64. The van der Waals surface area contributed by atoms with Crippen LogP contribution in [0.3, 0.4) is 0 Å². The molecule has 0 bridgehead atoms. The van der Waals surface area contributed by atoms with Crippen molar-refractivity contribution < 1.29 is 4.43 Å². The molecule has 1 heterocycles. The Balaban J connectivity index is 1.76. The van der Waals surface area contributed by atoms with Crippen LogP contribution in [0.1, 0.15) is 0 Å². The molecule has 0 N–H and O–H groups in total. The predicted octanol–water partition coefficient (Wildman–Crippen LogP) is 4.77. The molecule has 0 unspecified atom stereocenters. The van der Waals surface area contributed by atoms with Crippen LogP contribution in [0.5, 0.6) is 0 Å². The number of fused-ring (bicyclic) bond motifs is 5. The molecule has 5 aromatic rings. The van der Waals surface area contributed by atoms with Gasteiger partial charge in [-0.2, -0.15) is 0 Å². The van der Waals surface area contributed by atoms with E-state index in [1.165, 1.54) is 49.1 Å². The monoisotopic (exact) mass is 405 g/mol. The fourth-order valence-corrected chi connectivity index (χ4v) is 13.7. The molecule has 4 heteroatoms. The van der Waals surface area contributed by atoms with Crippen LogP contribution in [0, 0.1) is 0 Å². The van der Waals surface area contributed by atoms with Crippen molar-refractivity contribution in [1.82, 2.24) is 0 Å².